The molecule has 0 spiro atoms. The smallest absolute Gasteiger partial charge is 0.266 e. The Balaban J connectivity index is 2.41. The number of rotatable bonds is 16. The van der Waals surface area contributed by atoms with E-state index in [0.29, 0.717) is 13.1 Å². The van der Waals surface area contributed by atoms with Gasteiger partial charge in [-0.2, -0.15) is 0 Å². The van der Waals surface area contributed by atoms with Crippen LogP contribution in [0.1, 0.15) is 150 Å². The first-order valence-electron chi connectivity index (χ1n) is 32.7. The van der Waals surface area contributed by atoms with E-state index in [0.717, 1.165) is 19.8 Å². The Labute approximate surface area is 541 Å². The van der Waals surface area contributed by atoms with Gasteiger partial charge in [-0.25, -0.2) is 10.0 Å². The topological polar surface area (TPSA) is 302 Å². The van der Waals surface area contributed by atoms with E-state index in [4.69, 9.17) is 0 Å². The van der Waals surface area contributed by atoms with Crippen LogP contribution in [0.2, 0.25) is 0 Å². The summed E-state index contributed by atoms with van der Waals surface area (Å²) in [7, 11) is 8.38. The number of allylic oxidation sites excluding steroid dienone is 2. The number of piperazine rings is 1. The average molecular weight is 1280 g/mol. The molecule has 91 heavy (non-hydrogen) atoms. The van der Waals surface area contributed by atoms with E-state index in [2.05, 4.69) is 21.3 Å². The molecule has 3 fully saturated rings. The third-order valence-corrected chi connectivity index (χ3v) is 18.1. The van der Waals surface area contributed by atoms with Crippen molar-refractivity contribution in [3.05, 3.63) is 12.2 Å². The summed E-state index contributed by atoms with van der Waals surface area (Å²) in [5, 5.41) is 25.6. The molecule has 0 unspecified atom stereocenters. The zero-order valence-corrected chi connectivity index (χ0v) is 58.9. The van der Waals surface area contributed by atoms with E-state index in [1.807, 2.05) is 46.4 Å². The second-order valence-corrected chi connectivity index (χ2v) is 27.7. The zero-order chi connectivity index (χ0) is 69.7. The van der Waals surface area contributed by atoms with E-state index < -0.39 is 161 Å². The lowest BCUT2D eigenvalue weighted by atomic mass is 9.91. The van der Waals surface area contributed by atoms with Crippen molar-refractivity contribution in [3.63, 3.8) is 0 Å². The summed E-state index contributed by atoms with van der Waals surface area (Å²) in [5.74, 6) is -11.3. The number of aliphatic hydroxyl groups excluding tert-OH is 1. The number of carbonyl (C=O) groups is 12. The highest BCUT2D eigenvalue weighted by Crippen LogP contribution is 2.31. The molecule has 3 heterocycles. The Morgan fingerprint density at radius 1 is 0.505 bits per heavy atom. The maximum atomic E-state index is 15.3. The molecule has 0 aromatic rings. The second kappa shape index (κ2) is 34.3. The number of fused-ring (bicyclic) bond motifs is 1. The Morgan fingerprint density at radius 3 is 1.53 bits per heavy atom. The fraction of sp³-hybridized carbons (Fsp3) is 0.785. The van der Waals surface area contributed by atoms with Crippen LogP contribution >= 0.6 is 0 Å². The molecule has 3 saturated heterocycles. The Morgan fingerprint density at radius 2 is 1.01 bits per heavy atom. The van der Waals surface area contributed by atoms with E-state index in [-0.39, 0.29) is 68.9 Å². The number of carbonyl (C=O) groups excluding carboxylic acids is 12. The number of likely N-dealkylation sites (N-methyl/N-ethyl adjacent to an activating group) is 6. The Hall–Kier alpha value is -6.70. The van der Waals surface area contributed by atoms with Crippen molar-refractivity contribution >= 4 is 70.9 Å². The molecule has 516 valence electrons. The van der Waals surface area contributed by atoms with Gasteiger partial charge in [-0.1, -0.05) is 102 Å². The van der Waals surface area contributed by atoms with E-state index in [9.17, 15) is 38.7 Å². The van der Waals surface area contributed by atoms with Crippen molar-refractivity contribution in [1.82, 2.24) is 65.6 Å². The summed E-state index contributed by atoms with van der Waals surface area (Å²) in [6.07, 6.45) is 2.55. The number of nitrogens with one attached hydrogen (secondary N) is 4. The third-order valence-electron chi connectivity index (χ3n) is 18.1. The Bertz CT molecular complexity index is 2630. The van der Waals surface area contributed by atoms with Gasteiger partial charge in [-0.3, -0.25) is 62.4 Å². The van der Waals surface area contributed by atoms with Gasteiger partial charge in [0.15, 0.2) is 0 Å². The second-order valence-electron chi connectivity index (χ2n) is 27.7. The summed E-state index contributed by atoms with van der Waals surface area (Å²) in [5.41, 5.74) is 0. The number of hydrogen-bond donors (Lipinski definition) is 5. The molecule has 14 atom stereocenters. The number of hydrogen-bond acceptors (Lipinski definition) is 14. The van der Waals surface area contributed by atoms with Crippen LogP contribution in [-0.2, 0) is 57.5 Å². The molecule has 3 aliphatic rings. The lowest BCUT2D eigenvalue weighted by Crippen LogP contribution is -2.76. The van der Waals surface area contributed by atoms with Crippen molar-refractivity contribution in [1.29, 1.82) is 0 Å². The summed E-state index contributed by atoms with van der Waals surface area (Å²) in [6.45, 7) is 30.1. The minimum absolute atomic E-state index is 0.0172. The molecule has 0 aromatic carbocycles. The van der Waals surface area contributed by atoms with E-state index >= 15 is 24.0 Å². The van der Waals surface area contributed by atoms with E-state index in [1.54, 1.807) is 67.5 Å². The lowest BCUT2D eigenvalue weighted by molar-refractivity contribution is -0.211. The molecule has 3 aliphatic heterocycles. The van der Waals surface area contributed by atoms with Crippen LogP contribution in [-0.4, -0.2) is 261 Å². The van der Waals surface area contributed by atoms with Crippen molar-refractivity contribution < 1.29 is 62.6 Å². The van der Waals surface area contributed by atoms with Gasteiger partial charge in [0, 0.05) is 61.9 Å². The van der Waals surface area contributed by atoms with Crippen molar-refractivity contribution in [3.8, 4) is 0 Å². The first-order chi connectivity index (χ1) is 42.2. The summed E-state index contributed by atoms with van der Waals surface area (Å²) >= 11 is 0. The first kappa shape index (κ1) is 78.5. The number of amides is 12. The molecule has 0 aromatic heterocycles. The van der Waals surface area contributed by atoms with Crippen LogP contribution in [0.25, 0.3) is 0 Å². The molecule has 12 amide bonds. The van der Waals surface area contributed by atoms with Gasteiger partial charge in [0.05, 0.1) is 12.6 Å². The molecule has 0 bridgehead atoms. The largest absolute Gasteiger partial charge is 0.390 e. The van der Waals surface area contributed by atoms with Gasteiger partial charge >= 0.3 is 0 Å². The average Bonchev–Trinajstić information content (AvgIpc) is 0.753. The fourth-order valence-electron chi connectivity index (χ4n) is 12.5. The van der Waals surface area contributed by atoms with Crippen LogP contribution < -0.4 is 21.3 Å². The molecule has 0 saturated carbocycles. The molecular weight excluding hydrogens is 1170 g/mol. The monoisotopic (exact) mass is 1280 g/mol. The lowest BCUT2D eigenvalue weighted by Gasteiger charge is -2.53. The summed E-state index contributed by atoms with van der Waals surface area (Å²) < 4.78 is 0. The standard InChI is InChI=1S/C65H113N13O13/c1-24-26-27-40(13)54(80)53-57(83)68-45(25-2)61(87)70(18)43(16)59(85)74(22)52(41(14)33-76-29-28-66-49(79)34-76)56(82)69-50(38(9)10)64(90)71(19)46(30-35(3)4)55(81)67-42(15)58(84)77-44(17)60(86)78(77)48(32-37(7)8)63(89)72(20)47(31-36(5)6)62(88)73(21)51(39(11)12)65(91)75(53)23/h24,26,35-48,50-54,80H,25,27-34H2,1-23H3,(H,66,79)(H,67,81)(H,68,83)(H,69,82)/b26-24+/t40-,41-,42+,43-,44-,45+,46+,47+,48+,50+,51+,52+,53+,54-/m1/s1. The van der Waals surface area contributed by atoms with Gasteiger partial charge in [0.25, 0.3) is 11.8 Å². The minimum Gasteiger partial charge on any atom is -0.390 e. The van der Waals surface area contributed by atoms with Crippen LogP contribution in [0.3, 0.4) is 0 Å². The van der Waals surface area contributed by atoms with E-state index in [1.165, 1.54) is 82.7 Å². The quantitative estimate of drug-likeness (QED) is 0.138. The Kier molecular flexibility index (Phi) is 29.6. The van der Waals surface area contributed by atoms with Crippen LogP contribution in [0.4, 0.5) is 0 Å². The highest BCUT2D eigenvalue weighted by Gasteiger charge is 2.54. The predicted molar refractivity (Wildman–Crippen MR) is 345 cm³/mol. The molecule has 0 aliphatic carbocycles. The SMILES string of the molecule is C/C=C/C[C@@H](C)[C@@H](O)[C@H]1C(=O)N[C@@H](CC)C(=O)N(C)[C@H](C)C(=O)N(C)[C@@H]([C@H](C)CN2CCNC(=O)C2)C(=O)N[C@@H](C(C)C)C(=O)N(C)[C@@H](CC(C)C)C(=O)N[C@@H](C)C(=O)N2[C@H](C)C(=O)N2[C@@H](CC(C)C)C(=O)N(C)[C@@H](CC(C)C)C(=O)N(C)[C@@H](C(C)C)C(=O)N1C. The highest BCUT2D eigenvalue weighted by atomic mass is 16.3. The molecule has 26 heteroatoms. The van der Waals surface area contributed by atoms with Crippen molar-refractivity contribution in [2.75, 3.05) is 68.5 Å². The molecular formula is C65H113N13O13. The maximum absolute atomic E-state index is 15.3. The van der Waals surface area contributed by atoms with Crippen LogP contribution in [0.15, 0.2) is 12.2 Å². The van der Waals surface area contributed by atoms with Crippen LogP contribution in [0, 0.1) is 41.4 Å². The normalized spacial score (nSPS) is 28.5. The first-order valence-corrected chi connectivity index (χ1v) is 32.7. The van der Waals surface area contributed by atoms with Crippen molar-refractivity contribution in [2.24, 2.45) is 41.4 Å². The highest BCUT2D eigenvalue weighted by molar-refractivity contribution is 6.02. The number of hydrazine groups is 1. The predicted octanol–water partition coefficient (Wildman–Crippen LogP) is 1.69. The van der Waals surface area contributed by atoms with Gasteiger partial charge < -0.3 is 55.8 Å². The minimum atomic E-state index is -1.65. The van der Waals surface area contributed by atoms with Gasteiger partial charge in [0.1, 0.15) is 66.5 Å². The number of aliphatic hydroxyl groups is 1. The maximum Gasteiger partial charge on any atom is 0.266 e. The summed E-state index contributed by atoms with van der Waals surface area (Å²) in [6, 6.07) is -14.4. The molecule has 3 rings (SSSR count). The molecule has 26 nitrogen and oxygen atoms in total. The summed E-state index contributed by atoms with van der Waals surface area (Å²) in [4.78, 5) is 186. The molecule has 0 radical (unpaired) electrons. The fourth-order valence-corrected chi connectivity index (χ4v) is 12.5. The van der Waals surface area contributed by atoms with Gasteiger partial charge in [0.2, 0.25) is 59.1 Å². The van der Waals surface area contributed by atoms with Gasteiger partial charge in [-0.05, 0) is 101 Å². The van der Waals surface area contributed by atoms with Crippen LogP contribution in [0.5, 0.6) is 0 Å². The number of nitrogens with zero attached hydrogens (tertiary/aromatic N) is 9. The zero-order valence-electron chi connectivity index (χ0n) is 58.9. The van der Waals surface area contributed by atoms with Crippen molar-refractivity contribution in [2.45, 2.75) is 222 Å². The van der Waals surface area contributed by atoms with Gasteiger partial charge in [-0.15, -0.1) is 0 Å². The molecule has 5 N–H and O–H groups in total. The third kappa shape index (κ3) is 19.2.